The number of nitrogens with zero attached hydrogens (tertiary/aromatic N) is 6. The zero-order chi connectivity index (χ0) is 20.1. The zero-order valence-electron chi connectivity index (χ0n) is 15.2. The lowest BCUT2D eigenvalue weighted by Crippen LogP contribution is -2.71. The molecule has 11 heteroatoms. The first kappa shape index (κ1) is 19.4. The number of hydrogen-bond donors (Lipinski definition) is 2. The summed E-state index contributed by atoms with van der Waals surface area (Å²) in [6.07, 6.45) is 3.12. The summed E-state index contributed by atoms with van der Waals surface area (Å²) in [4.78, 5) is 12.2. The minimum absolute atomic E-state index is 0.0427. The minimum atomic E-state index is -0.361. The number of rotatable bonds is 6. The van der Waals surface area contributed by atoms with E-state index in [1.807, 2.05) is 19.1 Å². The standard InChI is InChI=1S/C17H17ClN8O2/c1-11-4-3-5-13(26-17(27)25(2)23-24-26)12(11)10-28-15(19)8-9-20-16-7-6-14(18)21-22-16/h3-9,19H,10H2,1-2H3,(H,20,22)/p+1/b9-8-,19-15?. The lowest BCUT2D eigenvalue weighted by Gasteiger charge is -2.12. The first-order valence-electron chi connectivity index (χ1n) is 8.25. The molecule has 28 heavy (non-hydrogen) atoms. The summed E-state index contributed by atoms with van der Waals surface area (Å²) in [5, 5.41) is 25.2. The van der Waals surface area contributed by atoms with Crippen molar-refractivity contribution in [3.8, 4) is 5.69 Å². The Kier molecular flexibility index (Phi) is 5.92. The number of quaternary nitrogens is 1. The summed E-state index contributed by atoms with van der Waals surface area (Å²) in [6.45, 7) is 2.00. The van der Waals surface area contributed by atoms with Gasteiger partial charge in [-0.2, -0.15) is 9.36 Å². The van der Waals surface area contributed by atoms with Crippen molar-refractivity contribution in [2.75, 3.05) is 0 Å². The summed E-state index contributed by atoms with van der Waals surface area (Å²) in [7, 11) is 1.53. The van der Waals surface area contributed by atoms with Crippen LogP contribution in [0.4, 0.5) is 5.82 Å². The highest BCUT2D eigenvalue weighted by Crippen LogP contribution is 2.18. The van der Waals surface area contributed by atoms with Gasteiger partial charge in [-0.1, -0.05) is 28.8 Å². The molecule has 0 bridgehead atoms. The second kappa shape index (κ2) is 8.55. The van der Waals surface area contributed by atoms with Gasteiger partial charge in [0.1, 0.15) is 12.8 Å². The molecule has 0 amide bonds. The van der Waals surface area contributed by atoms with Crippen molar-refractivity contribution >= 4 is 23.3 Å². The molecular formula is C17H18ClN8O2+. The zero-order valence-corrected chi connectivity index (χ0v) is 16.0. The quantitative estimate of drug-likeness (QED) is 0.460. The largest absolute Gasteiger partial charge is 0.473 e. The third-order valence-electron chi connectivity index (χ3n) is 3.87. The van der Waals surface area contributed by atoms with Crippen LogP contribution < -0.4 is 11.0 Å². The van der Waals surface area contributed by atoms with Crippen molar-refractivity contribution in [3.05, 3.63) is 69.4 Å². The van der Waals surface area contributed by atoms with Gasteiger partial charge in [0.15, 0.2) is 5.15 Å². The molecule has 10 nitrogen and oxygen atoms in total. The molecular weight excluding hydrogens is 384 g/mol. The van der Waals surface area contributed by atoms with Crippen LogP contribution in [-0.4, -0.2) is 35.9 Å². The van der Waals surface area contributed by atoms with E-state index in [2.05, 4.69) is 20.6 Å². The third-order valence-corrected chi connectivity index (χ3v) is 4.08. The molecule has 3 N–H and O–H groups in total. The molecule has 0 aliphatic heterocycles. The number of aryl methyl sites for hydroxylation is 2. The van der Waals surface area contributed by atoms with Crippen LogP contribution in [0.1, 0.15) is 11.1 Å². The van der Waals surface area contributed by atoms with Gasteiger partial charge >= 0.3 is 5.69 Å². The molecule has 3 rings (SSSR count). The van der Waals surface area contributed by atoms with E-state index in [-0.39, 0.29) is 18.2 Å². The van der Waals surface area contributed by atoms with Crippen molar-refractivity contribution in [1.82, 2.24) is 30.0 Å². The number of hydrogen-bond acceptors (Lipinski definition) is 7. The first-order chi connectivity index (χ1) is 13.5. The normalized spacial score (nSPS) is 11.1. The van der Waals surface area contributed by atoms with E-state index in [1.54, 1.807) is 29.7 Å². The van der Waals surface area contributed by atoms with Crippen LogP contribution in [0, 0.1) is 12.3 Å². The van der Waals surface area contributed by atoms with Gasteiger partial charge in [0.05, 0.1) is 11.8 Å². The number of halogens is 1. The molecule has 2 aromatic heterocycles. The van der Waals surface area contributed by atoms with Gasteiger partial charge < -0.3 is 4.74 Å². The Bertz CT molecular complexity index is 1070. The maximum Gasteiger partial charge on any atom is 0.368 e. The van der Waals surface area contributed by atoms with Crippen molar-refractivity contribution in [2.24, 2.45) is 7.05 Å². The van der Waals surface area contributed by atoms with Gasteiger partial charge in [0, 0.05) is 18.7 Å². The smallest absolute Gasteiger partial charge is 0.368 e. The highest BCUT2D eigenvalue weighted by molar-refractivity contribution is 6.29. The summed E-state index contributed by atoms with van der Waals surface area (Å²) in [6, 6.07) is 8.82. The topological polar surface area (TPSA) is 128 Å². The Hall–Kier alpha value is -3.37. The number of ether oxygens (including phenoxy) is 1. The maximum atomic E-state index is 12.2. The molecule has 0 unspecified atom stereocenters. The van der Waals surface area contributed by atoms with Crippen molar-refractivity contribution < 1.29 is 10.1 Å². The maximum absolute atomic E-state index is 12.2. The molecule has 144 valence electrons. The van der Waals surface area contributed by atoms with Crippen molar-refractivity contribution in [1.29, 1.82) is 5.41 Å². The molecule has 0 aliphatic rings. The Morgan fingerprint density at radius 2 is 2.11 bits per heavy atom. The monoisotopic (exact) mass is 401 g/mol. The lowest BCUT2D eigenvalue weighted by molar-refractivity contribution is -0.501. The van der Waals surface area contributed by atoms with Crippen LogP contribution >= 0.6 is 11.6 Å². The van der Waals surface area contributed by atoms with E-state index >= 15 is 0 Å². The van der Waals surface area contributed by atoms with Crippen LogP contribution in [0.15, 0.2) is 47.4 Å². The minimum Gasteiger partial charge on any atom is -0.473 e. The van der Waals surface area contributed by atoms with Gasteiger partial charge in [-0.15, -0.1) is 5.10 Å². The van der Waals surface area contributed by atoms with Gasteiger partial charge in [0.2, 0.25) is 11.7 Å². The fourth-order valence-electron chi connectivity index (χ4n) is 2.39. The lowest BCUT2D eigenvalue weighted by atomic mass is 10.1. The van der Waals surface area contributed by atoms with E-state index in [1.165, 1.54) is 17.8 Å². The predicted octanol–water partition coefficient (Wildman–Crippen LogP) is 0.620. The highest BCUT2D eigenvalue weighted by atomic mass is 35.5. The summed E-state index contributed by atoms with van der Waals surface area (Å²) >= 11 is 5.69. The fraction of sp³-hybridized carbons (Fsp3) is 0.176. The molecule has 0 atom stereocenters. The Balaban J connectivity index is 1.68. The first-order valence-corrected chi connectivity index (χ1v) is 8.63. The van der Waals surface area contributed by atoms with Crippen molar-refractivity contribution in [3.63, 3.8) is 0 Å². The van der Waals surface area contributed by atoms with E-state index in [4.69, 9.17) is 21.7 Å². The van der Waals surface area contributed by atoms with Gasteiger partial charge in [-0.3, -0.25) is 10.7 Å². The van der Waals surface area contributed by atoms with Crippen LogP contribution in [-0.2, 0) is 18.4 Å². The molecule has 0 saturated carbocycles. The molecule has 2 heterocycles. The fourth-order valence-corrected chi connectivity index (χ4v) is 2.49. The molecule has 3 aromatic rings. The summed E-state index contributed by atoms with van der Waals surface area (Å²) in [5.74, 6) is 0.565. The molecule has 0 radical (unpaired) electrons. The van der Waals surface area contributed by atoms with Crippen LogP contribution in [0.3, 0.4) is 0 Å². The predicted molar refractivity (Wildman–Crippen MR) is 102 cm³/mol. The molecule has 1 aromatic carbocycles. The number of nitrogens with two attached hydrogens (primary N) is 1. The van der Waals surface area contributed by atoms with Crippen LogP contribution in [0.5, 0.6) is 0 Å². The van der Waals surface area contributed by atoms with Crippen LogP contribution in [0.25, 0.3) is 5.69 Å². The Morgan fingerprint density at radius 3 is 2.79 bits per heavy atom. The second-order valence-electron chi connectivity index (χ2n) is 5.83. The Morgan fingerprint density at radius 1 is 1.29 bits per heavy atom. The van der Waals surface area contributed by atoms with Gasteiger partial charge in [0.25, 0.3) is 0 Å². The number of nitrogens with one attached hydrogen (secondary N) is 1. The number of benzene rings is 1. The summed E-state index contributed by atoms with van der Waals surface area (Å²) in [5.41, 5.74) is 1.86. The molecule has 0 aliphatic carbocycles. The average molecular weight is 402 g/mol. The SMILES string of the molecule is Cc1cccc(-n2nnn(C)c2=O)c1COC(=N)/C=C\[NH2+]c1ccc(Cl)nn1. The van der Waals surface area contributed by atoms with Crippen LogP contribution in [0.2, 0.25) is 5.15 Å². The van der Waals surface area contributed by atoms with E-state index in [0.29, 0.717) is 16.7 Å². The Labute approximate surface area is 164 Å². The highest BCUT2D eigenvalue weighted by Gasteiger charge is 2.13. The summed E-state index contributed by atoms with van der Waals surface area (Å²) < 4.78 is 7.88. The third kappa shape index (κ3) is 4.48. The van der Waals surface area contributed by atoms with E-state index in [9.17, 15) is 4.79 Å². The van der Waals surface area contributed by atoms with Crippen molar-refractivity contribution in [2.45, 2.75) is 13.5 Å². The molecule has 0 fully saturated rings. The van der Waals surface area contributed by atoms with E-state index < -0.39 is 0 Å². The molecule has 0 saturated heterocycles. The number of aromatic nitrogens is 6. The van der Waals surface area contributed by atoms with Gasteiger partial charge in [-0.25, -0.2) is 4.79 Å². The average Bonchev–Trinajstić information content (AvgIpc) is 3.01. The van der Waals surface area contributed by atoms with Gasteiger partial charge in [-0.05, 0) is 35.0 Å². The second-order valence-corrected chi connectivity index (χ2v) is 6.22. The number of tetrazole rings is 1. The molecule has 0 spiro atoms. The van der Waals surface area contributed by atoms with E-state index in [0.717, 1.165) is 15.8 Å².